The fourth-order valence-corrected chi connectivity index (χ4v) is 1.20. The topological polar surface area (TPSA) is 21.3 Å². The molecule has 16 heavy (non-hydrogen) atoms. The lowest BCUT2D eigenvalue weighted by Gasteiger charge is -2.06. The van der Waals surface area contributed by atoms with Crippen molar-refractivity contribution in [2.45, 2.75) is 13.0 Å². The van der Waals surface area contributed by atoms with E-state index in [-0.39, 0.29) is 12.4 Å². The van der Waals surface area contributed by atoms with Crippen LogP contribution in [-0.4, -0.2) is 26.2 Å². The zero-order valence-electron chi connectivity index (χ0n) is 8.76. The van der Waals surface area contributed by atoms with E-state index in [4.69, 9.17) is 0 Å². The van der Waals surface area contributed by atoms with Crippen LogP contribution in [0.4, 0.5) is 13.2 Å². The van der Waals surface area contributed by atoms with Crippen LogP contribution in [0.2, 0.25) is 0 Å². The van der Waals surface area contributed by atoms with Gasteiger partial charge in [0.15, 0.2) is 0 Å². The average Bonchev–Trinajstić information content (AvgIpc) is 2.23. The lowest BCUT2D eigenvalue weighted by molar-refractivity contribution is 0.0187. The molecule has 0 saturated heterocycles. The normalized spacial score (nSPS) is 11.0. The highest BCUT2D eigenvalue weighted by atomic mass is 19.3. The Morgan fingerprint density at radius 1 is 1.31 bits per heavy atom. The Morgan fingerprint density at radius 3 is 2.81 bits per heavy atom. The van der Waals surface area contributed by atoms with Crippen LogP contribution in [0, 0.1) is 5.82 Å². The van der Waals surface area contributed by atoms with Crippen LogP contribution in [0.1, 0.15) is 5.56 Å². The van der Waals surface area contributed by atoms with Gasteiger partial charge in [-0.05, 0) is 17.7 Å². The molecule has 2 nitrogen and oxygen atoms in total. The smallest absolute Gasteiger partial charge is 0.261 e. The van der Waals surface area contributed by atoms with Crippen LogP contribution in [0.25, 0.3) is 0 Å². The lowest BCUT2D eigenvalue weighted by atomic mass is 10.2. The summed E-state index contributed by atoms with van der Waals surface area (Å²) in [5.74, 6) is -0.284. The van der Waals surface area contributed by atoms with Crippen LogP contribution in [0.15, 0.2) is 24.3 Å². The molecule has 0 aliphatic heterocycles. The van der Waals surface area contributed by atoms with E-state index in [1.165, 1.54) is 12.1 Å². The minimum absolute atomic E-state index is 0.222. The van der Waals surface area contributed by atoms with Crippen LogP contribution >= 0.6 is 0 Å². The van der Waals surface area contributed by atoms with E-state index in [0.29, 0.717) is 13.1 Å². The zero-order valence-corrected chi connectivity index (χ0v) is 8.76. The average molecular weight is 233 g/mol. The van der Waals surface area contributed by atoms with E-state index in [1.807, 2.05) is 0 Å². The summed E-state index contributed by atoms with van der Waals surface area (Å²) in [7, 11) is 0. The molecule has 5 heteroatoms. The Bertz CT molecular complexity index is 307. The molecule has 0 aliphatic rings. The highest BCUT2D eigenvalue weighted by molar-refractivity contribution is 5.15. The predicted molar refractivity (Wildman–Crippen MR) is 54.9 cm³/mol. The van der Waals surface area contributed by atoms with Gasteiger partial charge in [-0.1, -0.05) is 12.1 Å². The van der Waals surface area contributed by atoms with Crippen LogP contribution in [0.5, 0.6) is 0 Å². The van der Waals surface area contributed by atoms with Crippen molar-refractivity contribution >= 4 is 0 Å². The standard InChI is InChI=1S/C11H14F3NO/c12-10-3-1-2-9(6-10)7-15-4-5-16-8-11(13)14/h1-3,6,11,15H,4-5,7-8H2. The van der Waals surface area contributed by atoms with Gasteiger partial charge in [-0.15, -0.1) is 0 Å². The molecule has 0 radical (unpaired) electrons. The van der Waals surface area contributed by atoms with Crippen LogP contribution < -0.4 is 5.32 Å². The number of benzene rings is 1. The molecule has 0 amide bonds. The second-order valence-electron chi connectivity index (χ2n) is 3.27. The third-order valence-corrected chi connectivity index (χ3v) is 1.89. The molecule has 0 unspecified atom stereocenters. The Labute approximate surface area is 92.4 Å². The van der Waals surface area contributed by atoms with Crippen molar-refractivity contribution in [1.29, 1.82) is 0 Å². The van der Waals surface area contributed by atoms with E-state index in [0.717, 1.165) is 5.56 Å². The molecule has 1 rings (SSSR count). The molecular formula is C11H14F3NO. The summed E-state index contributed by atoms with van der Waals surface area (Å²) in [6.45, 7) is 0.639. The summed E-state index contributed by atoms with van der Waals surface area (Å²) in [6, 6.07) is 6.21. The molecule has 0 saturated carbocycles. The Balaban J connectivity index is 2.07. The van der Waals surface area contributed by atoms with Gasteiger partial charge < -0.3 is 10.1 Å². The summed E-state index contributed by atoms with van der Waals surface area (Å²) in [6.07, 6.45) is -2.43. The number of hydrogen-bond donors (Lipinski definition) is 1. The number of ether oxygens (including phenoxy) is 1. The van der Waals surface area contributed by atoms with Crippen molar-refractivity contribution in [3.63, 3.8) is 0 Å². The molecule has 0 atom stereocenters. The summed E-state index contributed by atoms with van der Waals surface area (Å²) in [5, 5.41) is 2.97. The maximum atomic E-state index is 12.8. The molecule has 0 fully saturated rings. The number of alkyl halides is 2. The zero-order chi connectivity index (χ0) is 11.8. The first-order chi connectivity index (χ1) is 7.68. The van der Waals surface area contributed by atoms with Crippen LogP contribution in [0.3, 0.4) is 0 Å². The number of nitrogens with one attached hydrogen (secondary N) is 1. The molecular weight excluding hydrogens is 219 g/mol. The van der Waals surface area contributed by atoms with Gasteiger partial charge in [0.25, 0.3) is 6.43 Å². The van der Waals surface area contributed by atoms with E-state index in [9.17, 15) is 13.2 Å². The first-order valence-corrected chi connectivity index (χ1v) is 4.99. The quantitative estimate of drug-likeness (QED) is 0.729. The summed E-state index contributed by atoms with van der Waals surface area (Å²) < 4.78 is 40.8. The number of rotatable bonds is 7. The fraction of sp³-hybridized carbons (Fsp3) is 0.455. The Hall–Kier alpha value is -1.07. The Morgan fingerprint density at radius 2 is 2.12 bits per heavy atom. The van der Waals surface area contributed by atoms with Gasteiger partial charge in [0.2, 0.25) is 0 Å². The minimum Gasteiger partial charge on any atom is -0.374 e. The van der Waals surface area contributed by atoms with E-state index >= 15 is 0 Å². The fourth-order valence-electron chi connectivity index (χ4n) is 1.20. The summed E-state index contributed by atoms with van der Waals surface area (Å²) in [5.41, 5.74) is 0.814. The van der Waals surface area contributed by atoms with Crippen molar-refractivity contribution in [3.05, 3.63) is 35.6 Å². The number of halogens is 3. The molecule has 0 aliphatic carbocycles. The van der Waals surface area contributed by atoms with Crippen molar-refractivity contribution in [2.75, 3.05) is 19.8 Å². The third kappa shape index (κ3) is 5.72. The Kier molecular flexibility index (Phi) is 5.88. The molecule has 1 N–H and O–H groups in total. The van der Waals surface area contributed by atoms with Gasteiger partial charge in [0, 0.05) is 13.1 Å². The molecule has 90 valence electrons. The van der Waals surface area contributed by atoms with Gasteiger partial charge in [-0.2, -0.15) is 0 Å². The minimum atomic E-state index is -2.43. The van der Waals surface area contributed by atoms with E-state index in [1.54, 1.807) is 12.1 Å². The molecule has 0 spiro atoms. The molecule has 1 aromatic rings. The van der Waals surface area contributed by atoms with Crippen molar-refractivity contribution in [2.24, 2.45) is 0 Å². The maximum Gasteiger partial charge on any atom is 0.261 e. The van der Waals surface area contributed by atoms with Gasteiger partial charge in [0.05, 0.1) is 6.61 Å². The SMILES string of the molecule is Fc1cccc(CNCCOCC(F)F)c1. The van der Waals surface area contributed by atoms with E-state index < -0.39 is 13.0 Å². The van der Waals surface area contributed by atoms with Gasteiger partial charge in [0.1, 0.15) is 12.4 Å². The summed E-state index contributed by atoms with van der Waals surface area (Å²) >= 11 is 0. The molecule has 0 aromatic heterocycles. The second kappa shape index (κ2) is 7.24. The van der Waals surface area contributed by atoms with Crippen molar-refractivity contribution < 1.29 is 17.9 Å². The van der Waals surface area contributed by atoms with Crippen molar-refractivity contribution in [1.82, 2.24) is 5.32 Å². The maximum absolute atomic E-state index is 12.8. The first kappa shape index (κ1) is 13.0. The van der Waals surface area contributed by atoms with E-state index in [2.05, 4.69) is 10.1 Å². The van der Waals surface area contributed by atoms with Gasteiger partial charge >= 0.3 is 0 Å². The lowest BCUT2D eigenvalue weighted by Crippen LogP contribution is -2.20. The summed E-state index contributed by atoms with van der Waals surface area (Å²) in [4.78, 5) is 0. The van der Waals surface area contributed by atoms with Crippen molar-refractivity contribution in [3.8, 4) is 0 Å². The second-order valence-corrected chi connectivity index (χ2v) is 3.27. The largest absolute Gasteiger partial charge is 0.374 e. The molecule has 0 heterocycles. The van der Waals surface area contributed by atoms with Crippen LogP contribution in [-0.2, 0) is 11.3 Å². The third-order valence-electron chi connectivity index (χ3n) is 1.89. The highest BCUT2D eigenvalue weighted by Gasteiger charge is 2.00. The number of hydrogen-bond acceptors (Lipinski definition) is 2. The predicted octanol–water partition coefficient (Wildman–Crippen LogP) is 2.20. The molecule has 1 aromatic carbocycles. The van der Waals surface area contributed by atoms with Gasteiger partial charge in [-0.3, -0.25) is 0 Å². The monoisotopic (exact) mass is 233 g/mol. The highest BCUT2D eigenvalue weighted by Crippen LogP contribution is 2.02. The van der Waals surface area contributed by atoms with Gasteiger partial charge in [-0.25, -0.2) is 13.2 Å². The molecule has 0 bridgehead atoms. The first-order valence-electron chi connectivity index (χ1n) is 4.99.